The zero-order valence-electron chi connectivity index (χ0n) is 20.2. The smallest absolute Gasteiger partial charge is 0.322 e. The number of hydrogen-bond acceptors (Lipinski definition) is 9. The lowest BCUT2D eigenvalue weighted by atomic mass is 10.1. The highest BCUT2D eigenvalue weighted by Crippen LogP contribution is 2.33. The second-order valence-electron chi connectivity index (χ2n) is 8.34. The average molecular weight is 561 g/mol. The summed E-state index contributed by atoms with van der Waals surface area (Å²) in [6.45, 7) is 2.17. The molecule has 0 radical (unpaired) electrons. The van der Waals surface area contributed by atoms with Gasteiger partial charge in [0.25, 0.3) is 0 Å². The first-order chi connectivity index (χ1) is 17.9. The molecule has 2 aromatic rings. The Hall–Kier alpha value is -2.69. The van der Waals surface area contributed by atoms with Crippen LogP contribution in [0.4, 0.5) is 0 Å². The summed E-state index contributed by atoms with van der Waals surface area (Å²) in [7, 11) is -2.46. The fourth-order valence-corrected chi connectivity index (χ4v) is 6.84. The monoisotopic (exact) mass is 560 g/mol. The number of rotatable bonds is 10. The maximum absolute atomic E-state index is 12.8. The van der Waals surface area contributed by atoms with Crippen LogP contribution in [0.3, 0.4) is 0 Å². The molecular formula is C25H28N4O5S3. The molecule has 2 atom stereocenters. The number of nitrogens with zero attached hydrogens (tertiary/aromatic N) is 3. The topological polar surface area (TPSA) is 112 Å². The summed E-state index contributed by atoms with van der Waals surface area (Å²) in [5.41, 5.74) is 1.73. The molecular weight excluding hydrogens is 532 g/mol. The van der Waals surface area contributed by atoms with Gasteiger partial charge in [0.1, 0.15) is 17.2 Å². The number of nitrogens with one attached hydrogen (secondary N) is 1. The molecule has 9 nitrogen and oxygen atoms in total. The highest BCUT2D eigenvalue weighted by Gasteiger charge is 2.28. The van der Waals surface area contributed by atoms with E-state index >= 15 is 0 Å². The number of sulfonamides is 1. The van der Waals surface area contributed by atoms with Crippen molar-refractivity contribution in [2.24, 2.45) is 5.10 Å². The maximum Gasteiger partial charge on any atom is 0.322 e. The predicted molar refractivity (Wildman–Crippen MR) is 148 cm³/mol. The number of ether oxygens (including phenoxy) is 1. The van der Waals surface area contributed by atoms with E-state index in [0.29, 0.717) is 5.75 Å². The second kappa shape index (κ2) is 12.7. The number of likely N-dealkylation sites (tertiary alicyclic amines) is 1. The Labute approximate surface area is 226 Å². The van der Waals surface area contributed by atoms with E-state index in [4.69, 9.17) is 4.74 Å². The first kappa shape index (κ1) is 27.3. The fraction of sp³-hybridized carbons (Fsp3) is 0.360. The van der Waals surface area contributed by atoms with Crippen molar-refractivity contribution >= 4 is 46.1 Å². The fourth-order valence-electron chi connectivity index (χ4n) is 3.84. The van der Waals surface area contributed by atoms with Gasteiger partial charge < -0.3 is 9.84 Å². The summed E-state index contributed by atoms with van der Waals surface area (Å²) in [6, 6.07) is 12.3. The lowest BCUT2D eigenvalue weighted by Gasteiger charge is -2.20. The third-order valence-electron chi connectivity index (χ3n) is 5.85. The number of carboxylic acids is 1. The van der Waals surface area contributed by atoms with Gasteiger partial charge >= 0.3 is 5.97 Å². The Kier molecular flexibility index (Phi) is 9.39. The summed E-state index contributed by atoms with van der Waals surface area (Å²) in [6.07, 6.45) is 4.21. The van der Waals surface area contributed by atoms with Crippen LogP contribution in [-0.2, 0) is 14.8 Å². The Balaban J connectivity index is 1.28. The highest BCUT2D eigenvalue weighted by molar-refractivity contribution is 8.12. The molecule has 2 N–H and O–H groups in total. The molecule has 0 bridgehead atoms. The zero-order chi connectivity index (χ0) is 26.3. The molecule has 1 fully saturated rings. The van der Waals surface area contributed by atoms with Crippen LogP contribution < -0.4 is 9.46 Å². The largest absolute Gasteiger partial charge is 0.497 e. The standard InChI is InChI=1S/C25H28N4O5S3/c1-34-21-11-7-19(8-12-21)20-9-13-22(14-10-20)37(32,33)27-23(25(30)31)6-2-5-17-35-29-26-18-24(36-29)28-15-3-4-16-28/h7-14,18,23-24,27H,3-4,6,15-17H2,1H3,(H,30,31). The molecule has 0 aliphatic carbocycles. The lowest BCUT2D eigenvalue weighted by Crippen LogP contribution is -2.40. The number of aliphatic carboxylic acids is 1. The predicted octanol–water partition coefficient (Wildman–Crippen LogP) is 3.51. The molecule has 196 valence electrons. The van der Waals surface area contributed by atoms with E-state index in [1.807, 2.05) is 34.3 Å². The number of benzene rings is 2. The minimum Gasteiger partial charge on any atom is -0.497 e. The van der Waals surface area contributed by atoms with Crippen LogP contribution in [0.1, 0.15) is 19.3 Å². The van der Waals surface area contributed by atoms with E-state index in [2.05, 4.69) is 26.6 Å². The Morgan fingerprint density at radius 3 is 2.43 bits per heavy atom. The van der Waals surface area contributed by atoms with Crippen LogP contribution in [0.15, 0.2) is 58.5 Å². The molecule has 4 rings (SSSR count). The number of carbonyl (C=O) groups is 1. The number of hydrogen-bond donors (Lipinski definition) is 2. The first-order valence-corrected chi connectivity index (χ1v) is 15.0. The van der Waals surface area contributed by atoms with Crippen molar-refractivity contribution in [3.8, 4) is 28.7 Å². The van der Waals surface area contributed by atoms with Crippen molar-refractivity contribution in [3.05, 3.63) is 48.5 Å². The summed E-state index contributed by atoms with van der Waals surface area (Å²) in [4.78, 5) is 14.1. The summed E-state index contributed by atoms with van der Waals surface area (Å²) in [5.74, 6) is 5.55. The summed E-state index contributed by atoms with van der Waals surface area (Å²) >= 11 is 3.05. The molecule has 0 saturated carbocycles. The van der Waals surface area contributed by atoms with Gasteiger partial charge in [-0.05, 0) is 73.3 Å². The molecule has 2 aliphatic rings. The average Bonchev–Trinajstić information content (AvgIpc) is 3.60. The SMILES string of the molecule is COc1ccc(-c2ccc(S(=O)(=O)NC(CC#CCSN3N=CC(N4CCCC4)S3)C(=O)O)cc2)cc1. The molecule has 0 spiro atoms. The minimum absolute atomic E-state index is 0.0176. The van der Waals surface area contributed by atoms with Crippen LogP contribution in [0.5, 0.6) is 5.75 Å². The quantitative estimate of drug-likeness (QED) is 0.333. The van der Waals surface area contributed by atoms with E-state index < -0.39 is 22.0 Å². The highest BCUT2D eigenvalue weighted by atomic mass is 32.2. The zero-order valence-corrected chi connectivity index (χ0v) is 22.7. The number of methoxy groups -OCH3 is 1. The van der Waals surface area contributed by atoms with Crippen molar-refractivity contribution in [3.63, 3.8) is 0 Å². The van der Waals surface area contributed by atoms with Gasteiger partial charge in [0, 0.05) is 18.4 Å². The Bertz CT molecular complexity index is 1270. The molecule has 2 heterocycles. The molecule has 2 aliphatic heterocycles. The van der Waals surface area contributed by atoms with E-state index in [1.165, 1.54) is 36.9 Å². The van der Waals surface area contributed by atoms with E-state index in [9.17, 15) is 18.3 Å². The van der Waals surface area contributed by atoms with Gasteiger partial charge in [0.2, 0.25) is 10.0 Å². The van der Waals surface area contributed by atoms with Gasteiger partial charge in [-0.15, -0.1) is 5.92 Å². The molecule has 2 unspecified atom stereocenters. The maximum atomic E-state index is 12.8. The van der Waals surface area contributed by atoms with Gasteiger partial charge in [-0.3, -0.25) is 9.69 Å². The van der Waals surface area contributed by atoms with Crippen LogP contribution in [-0.4, -0.2) is 71.8 Å². The third-order valence-corrected chi connectivity index (χ3v) is 9.41. The second-order valence-corrected chi connectivity index (χ2v) is 12.2. The molecule has 0 amide bonds. The van der Waals surface area contributed by atoms with Crippen LogP contribution >= 0.6 is 23.9 Å². The Morgan fingerprint density at radius 1 is 1.16 bits per heavy atom. The van der Waals surface area contributed by atoms with Crippen LogP contribution in [0.2, 0.25) is 0 Å². The molecule has 0 aromatic heterocycles. The van der Waals surface area contributed by atoms with Crippen molar-refractivity contribution in [2.75, 3.05) is 26.0 Å². The number of carboxylic acid groups (broad SMARTS) is 1. The van der Waals surface area contributed by atoms with Crippen LogP contribution in [0.25, 0.3) is 11.1 Å². The third kappa shape index (κ3) is 7.43. The molecule has 12 heteroatoms. The summed E-state index contributed by atoms with van der Waals surface area (Å²) < 4.78 is 34.8. The molecule has 37 heavy (non-hydrogen) atoms. The Morgan fingerprint density at radius 2 is 1.81 bits per heavy atom. The van der Waals surface area contributed by atoms with E-state index in [1.54, 1.807) is 31.2 Å². The molecule has 1 saturated heterocycles. The van der Waals surface area contributed by atoms with Crippen molar-refractivity contribution in [1.29, 1.82) is 0 Å². The van der Waals surface area contributed by atoms with Gasteiger partial charge in [-0.25, -0.2) is 8.42 Å². The van der Waals surface area contributed by atoms with Gasteiger partial charge in [-0.1, -0.05) is 30.2 Å². The number of hydrazone groups is 1. The van der Waals surface area contributed by atoms with Crippen molar-refractivity contribution < 1.29 is 23.1 Å². The molecule has 2 aromatic carbocycles. The van der Waals surface area contributed by atoms with Crippen LogP contribution in [0, 0.1) is 11.8 Å². The first-order valence-electron chi connectivity index (χ1n) is 11.7. The lowest BCUT2D eigenvalue weighted by molar-refractivity contribution is -0.138. The summed E-state index contributed by atoms with van der Waals surface area (Å²) in [5, 5.41) is 14.2. The van der Waals surface area contributed by atoms with E-state index in [-0.39, 0.29) is 16.7 Å². The minimum atomic E-state index is -4.04. The van der Waals surface area contributed by atoms with Crippen molar-refractivity contribution in [2.45, 2.75) is 35.6 Å². The van der Waals surface area contributed by atoms with Gasteiger partial charge in [0.05, 0.1) is 24.0 Å². The van der Waals surface area contributed by atoms with E-state index in [0.717, 1.165) is 30.0 Å². The van der Waals surface area contributed by atoms with Gasteiger partial charge in [-0.2, -0.15) is 13.6 Å². The normalized spacial score (nSPS) is 18.4. The van der Waals surface area contributed by atoms with Crippen molar-refractivity contribution in [1.82, 2.24) is 13.4 Å². The van der Waals surface area contributed by atoms with Gasteiger partial charge in [0.15, 0.2) is 0 Å².